The Morgan fingerprint density at radius 2 is 1.82 bits per heavy atom. The van der Waals surface area contributed by atoms with E-state index in [2.05, 4.69) is 93.1 Å². The van der Waals surface area contributed by atoms with Crippen LogP contribution in [0.1, 0.15) is 103 Å². The summed E-state index contributed by atoms with van der Waals surface area (Å²) in [4.78, 5) is 53.9. The third kappa shape index (κ3) is 7.69. The molecule has 0 spiro atoms. The highest BCUT2D eigenvalue weighted by molar-refractivity contribution is 5.95. The average Bonchev–Trinajstić information content (AvgIpc) is 3.47. The molecule has 2 saturated heterocycles. The number of nitrogens with zero attached hydrogens (tertiary/aromatic N) is 5. The van der Waals surface area contributed by atoms with Crippen LogP contribution >= 0.6 is 0 Å². The van der Waals surface area contributed by atoms with Gasteiger partial charge in [0, 0.05) is 66.0 Å². The molecule has 3 fully saturated rings. The van der Waals surface area contributed by atoms with Crippen molar-refractivity contribution in [2.75, 3.05) is 31.1 Å². The maximum Gasteiger partial charge on any atom is 0.324 e. The Balaban J connectivity index is 1.25. The molecule has 304 valence electrons. The fraction of sp³-hybridized carbons (Fsp3) is 0.578. The highest BCUT2D eigenvalue weighted by Gasteiger charge is 2.49. The summed E-state index contributed by atoms with van der Waals surface area (Å²) >= 11 is 0. The van der Waals surface area contributed by atoms with Gasteiger partial charge in [-0.3, -0.25) is 24.4 Å². The monoisotopic (exact) mass is 777 g/mol. The Morgan fingerprint density at radius 1 is 1.05 bits per heavy atom. The zero-order chi connectivity index (χ0) is 40.2. The Kier molecular flexibility index (Phi) is 10.7. The molecule has 3 aromatic heterocycles. The van der Waals surface area contributed by atoms with E-state index in [1.54, 1.807) is 6.26 Å². The molecule has 1 aliphatic carbocycles. The van der Waals surface area contributed by atoms with Crippen LogP contribution in [0.4, 0.5) is 5.69 Å². The van der Waals surface area contributed by atoms with Gasteiger partial charge in [0.1, 0.15) is 18.3 Å². The van der Waals surface area contributed by atoms with Crippen LogP contribution in [-0.2, 0) is 38.5 Å². The zero-order valence-corrected chi connectivity index (χ0v) is 34.7. The predicted molar refractivity (Wildman–Crippen MR) is 220 cm³/mol. The number of fused-ring (bicyclic) bond motifs is 6. The molecule has 3 aliphatic heterocycles. The summed E-state index contributed by atoms with van der Waals surface area (Å²) in [7, 11) is 0. The fourth-order valence-electron chi connectivity index (χ4n) is 9.36. The summed E-state index contributed by atoms with van der Waals surface area (Å²) in [6.45, 7) is 18.4. The number of aromatic nitrogens is 3. The van der Waals surface area contributed by atoms with Gasteiger partial charge >= 0.3 is 5.97 Å². The van der Waals surface area contributed by atoms with Gasteiger partial charge in [-0.1, -0.05) is 41.5 Å². The van der Waals surface area contributed by atoms with Crippen molar-refractivity contribution < 1.29 is 23.5 Å². The number of ether oxygens (including phenoxy) is 1. The number of anilines is 1. The summed E-state index contributed by atoms with van der Waals surface area (Å²) in [5.74, 6) is 0.177. The molecule has 0 radical (unpaired) electrons. The standard InChI is InChI=1S/C45H59N7O5/c1-8-51-37-15-14-29-19-32(37)34(40(51)33-21-31(23-46-39(33)26(2)3)50-16-10-9-11-17-50)22-45(6,7)25-57-44(55)35-13-12-18-52(49-35)43(54)36(20-30-24-56-42(29)47-30)48-41(53)38-27(4)28(38)5/h14-15,19,21,23-24,26-28,35-36,38,49H,8-13,16-18,20,22,25H2,1-7H3,(H,48,53)/t27-,28+,35-,36-,38+/m0/s1. The van der Waals surface area contributed by atoms with Crippen LogP contribution < -0.4 is 15.6 Å². The minimum Gasteiger partial charge on any atom is -0.464 e. The van der Waals surface area contributed by atoms with E-state index in [9.17, 15) is 14.4 Å². The van der Waals surface area contributed by atoms with Crippen molar-refractivity contribution in [1.82, 2.24) is 30.3 Å². The van der Waals surface area contributed by atoms with Crippen molar-refractivity contribution in [1.29, 1.82) is 0 Å². The lowest BCUT2D eigenvalue weighted by Gasteiger charge is -2.35. The maximum atomic E-state index is 14.1. The summed E-state index contributed by atoms with van der Waals surface area (Å²) in [6, 6.07) is 7.14. The second-order valence-corrected chi connectivity index (χ2v) is 18.0. The molecule has 12 nitrogen and oxygen atoms in total. The quantitative estimate of drug-likeness (QED) is 0.198. The lowest BCUT2D eigenvalue weighted by Crippen LogP contribution is -2.60. The molecule has 6 heterocycles. The van der Waals surface area contributed by atoms with E-state index >= 15 is 0 Å². The van der Waals surface area contributed by atoms with Gasteiger partial charge in [0.05, 0.1) is 35.6 Å². The van der Waals surface area contributed by atoms with Gasteiger partial charge in [0.2, 0.25) is 11.8 Å². The molecule has 2 N–H and O–H groups in total. The van der Waals surface area contributed by atoms with E-state index in [1.807, 2.05) is 6.07 Å². The molecule has 12 heteroatoms. The Bertz CT molecular complexity index is 2160. The summed E-state index contributed by atoms with van der Waals surface area (Å²) in [6.07, 6.45) is 9.20. The molecule has 1 saturated carbocycles. The molecule has 6 bridgehead atoms. The molecule has 8 rings (SSSR count). The van der Waals surface area contributed by atoms with E-state index in [-0.39, 0.29) is 54.5 Å². The number of carbonyl (C=O) groups excluding carboxylic acids is 3. The largest absolute Gasteiger partial charge is 0.464 e. The molecule has 4 aromatic rings. The molecular formula is C45H59N7O5. The number of oxazole rings is 1. The number of rotatable bonds is 6. The number of esters is 1. The van der Waals surface area contributed by atoms with Gasteiger partial charge in [-0.05, 0) is 93.0 Å². The Labute approximate surface area is 336 Å². The van der Waals surface area contributed by atoms with Gasteiger partial charge in [-0.2, -0.15) is 0 Å². The zero-order valence-electron chi connectivity index (χ0n) is 34.7. The van der Waals surface area contributed by atoms with Crippen LogP contribution in [0.15, 0.2) is 41.1 Å². The van der Waals surface area contributed by atoms with E-state index in [1.165, 1.54) is 29.8 Å². The predicted octanol–water partition coefficient (Wildman–Crippen LogP) is 7.04. The van der Waals surface area contributed by atoms with Crippen LogP contribution in [0.2, 0.25) is 0 Å². The lowest BCUT2D eigenvalue weighted by molar-refractivity contribution is -0.155. The first-order valence-corrected chi connectivity index (χ1v) is 21.2. The smallest absolute Gasteiger partial charge is 0.324 e. The van der Waals surface area contributed by atoms with Gasteiger partial charge in [-0.25, -0.2) is 10.4 Å². The van der Waals surface area contributed by atoms with Crippen molar-refractivity contribution in [3.63, 3.8) is 0 Å². The first-order valence-electron chi connectivity index (χ1n) is 21.2. The molecule has 57 heavy (non-hydrogen) atoms. The highest BCUT2D eigenvalue weighted by atomic mass is 16.5. The number of aryl methyl sites for hydroxylation is 1. The number of piperidine rings is 1. The third-order valence-corrected chi connectivity index (χ3v) is 12.9. The summed E-state index contributed by atoms with van der Waals surface area (Å²) in [5, 5.41) is 5.61. The number of benzene rings is 1. The number of hydrazine groups is 1. The van der Waals surface area contributed by atoms with E-state index in [0.717, 1.165) is 58.7 Å². The Hall–Kier alpha value is -4.71. The van der Waals surface area contributed by atoms with Gasteiger partial charge in [-0.15, -0.1) is 0 Å². The second-order valence-electron chi connectivity index (χ2n) is 18.0. The third-order valence-electron chi connectivity index (χ3n) is 12.9. The van der Waals surface area contributed by atoms with Crippen LogP contribution in [-0.4, -0.2) is 75.7 Å². The molecule has 4 aliphatic rings. The topological polar surface area (TPSA) is 135 Å². The van der Waals surface area contributed by atoms with Crippen molar-refractivity contribution in [2.24, 2.45) is 23.2 Å². The number of hydrogen-bond donors (Lipinski definition) is 2. The highest BCUT2D eigenvalue weighted by Crippen LogP contribution is 2.46. The van der Waals surface area contributed by atoms with Gasteiger partial charge in [0.25, 0.3) is 5.91 Å². The maximum absolute atomic E-state index is 14.1. The molecule has 1 aromatic carbocycles. The normalized spacial score (nSPS) is 25.4. The molecule has 0 unspecified atom stereocenters. The van der Waals surface area contributed by atoms with Crippen LogP contribution in [0.3, 0.4) is 0 Å². The minimum absolute atomic E-state index is 0.138. The van der Waals surface area contributed by atoms with E-state index in [0.29, 0.717) is 37.4 Å². The second kappa shape index (κ2) is 15.6. The number of pyridine rings is 1. The van der Waals surface area contributed by atoms with Crippen LogP contribution in [0, 0.1) is 23.2 Å². The van der Waals surface area contributed by atoms with Crippen molar-refractivity contribution in [3.05, 3.63) is 53.7 Å². The number of carbonyl (C=O) groups is 3. The first kappa shape index (κ1) is 39.1. The van der Waals surface area contributed by atoms with E-state index in [4.69, 9.17) is 19.1 Å². The number of hydrogen-bond acceptors (Lipinski definition) is 9. The van der Waals surface area contributed by atoms with E-state index < -0.39 is 17.5 Å². The molecule has 5 atom stereocenters. The van der Waals surface area contributed by atoms with Crippen LogP contribution in [0.5, 0.6) is 0 Å². The van der Waals surface area contributed by atoms with Crippen molar-refractivity contribution in [2.45, 2.75) is 118 Å². The van der Waals surface area contributed by atoms with Gasteiger partial charge in [0.15, 0.2) is 0 Å². The van der Waals surface area contributed by atoms with Crippen LogP contribution in [0.25, 0.3) is 33.6 Å². The number of cyclic esters (lactones) is 1. The average molecular weight is 778 g/mol. The summed E-state index contributed by atoms with van der Waals surface area (Å²) in [5.41, 5.74) is 10.8. The fourth-order valence-corrected chi connectivity index (χ4v) is 9.36. The Morgan fingerprint density at radius 3 is 2.54 bits per heavy atom. The van der Waals surface area contributed by atoms with Crippen molar-refractivity contribution >= 4 is 34.4 Å². The van der Waals surface area contributed by atoms with Gasteiger partial charge < -0.3 is 23.9 Å². The van der Waals surface area contributed by atoms with Crippen molar-refractivity contribution in [3.8, 4) is 22.7 Å². The number of amides is 2. The lowest BCUT2D eigenvalue weighted by atomic mass is 9.84. The molecule has 2 amide bonds. The summed E-state index contributed by atoms with van der Waals surface area (Å²) < 4.78 is 14.7. The minimum atomic E-state index is -0.893. The SMILES string of the molecule is CCn1c(-c2cc(N3CCCCC3)cnc2C(C)C)c2c3cc(ccc31)-c1nc(co1)C[C@H](NC(=O)[C@H]1[C@H](C)[C@@H]1C)C(=O)N1CCC[C@H](N1)C(=O)OCC(C)(C)C2. The first-order chi connectivity index (χ1) is 27.3. The molecular weight excluding hydrogens is 719 g/mol. The number of nitrogens with one attached hydrogen (secondary N) is 2.